The number of alkyl halides is 3. The number of hydrogen-bond acceptors (Lipinski definition) is 4. The summed E-state index contributed by atoms with van der Waals surface area (Å²) in [5.74, 6) is 0. The van der Waals surface area contributed by atoms with Crippen LogP contribution in [-0.4, -0.2) is 24.2 Å². The summed E-state index contributed by atoms with van der Waals surface area (Å²) in [6, 6.07) is 2.35. The van der Waals surface area contributed by atoms with Crippen LogP contribution in [-0.2, 0) is 10.9 Å². The van der Waals surface area contributed by atoms with Crippen molar-refractivity contribution in [1.82, 2.24) is 0 Å². The number of nitrogens with zero attached hydrogens (tertiary/aromatic N) is 1. The number of rotatable bonds is 3. The maximum Gasteiger partial charge on any atom is 0.416 e. The highest BCUT2D eigenvalue weighted by Gasteiger charge is 2.33. The maximum atomic E-state index is 12.6. The number of hydrogen-bond donors (Lipinski definition) is 1. The largest absolute Gasteiger partial charge is 0.416 e. The predicted octanol–water partition coefficient (Wildman–Crippen LogP) is 3.20. The summed E-state index contributed by atoms with van der Waals surface area (Å²) in [7, 11) is 0. The normalized spacial score (nSPS) is 19.6. The lowest BCUT2D eigenvalue weighted by molar-refractivity contribution is -0.384. The van der Waals surface area contributed by atoms with Crippen molar-refractivity contribution in [3.05, 3.63) is 33.9 Å². The van der Waals surface area contributed by atoms with Crippen LogP contribution in [0.3, 0.4) is 0 Å². The van der Waals surface area contributed by atoms with Crippen molar-refractivity contribution in [2.75, 3.05) is 18.5 Å². The molecule has 1 heterocycles. The standard InChI is InChI=1S/C12H13F3N2O3/c13-12(14,15)8-3-4-10(11(6-8)17(18)19)16-9-2-1-5-20-7-9/h3-4,6,9,16H,1-2,5,7H2. The van der Waals surface area contributed by atoms with Crippen LogP contribution in [0.1, 0.15) is 18.4 Å². The Kier molecular flexibility index (Phi) is 4.12. The molecular weight excluding hydrogens is 277 g/mol. The van der Waals surface area contributed by atoms with Gasteiger partial charge in [-0.25, -0.2) is 0 Å². The van der Waals surface area contributed by atoms with Crippen molar-refractivity contribution < 1.29 is 22.8 Å². The third-order valence-corrected chi connectivity index (χ3v) is 3.04. The molecule has 0 spiro atoms. The van der Waals surface area contributed by atoms with E-state index in [-0.39, 0.29) is 11.7 Å². The second-order valence-electron chi connectivity index (χ2n) is 4.55. The maximum absolute atomic E-state index is 12.6. The minimum Gasteiger partial charge on any atom is -0.379 e. The number of anilines is 1. The summed E-state index contributed by atoms with van der Waals surface area (Å²) in [5.41, 5.74) is -1.53. The quantitative estimate of drug-likeness (QED) is 0.686. The molecule has 0 bridgehead atoms. The molecule has 5 nitrogen and oxygen atoms in total. The molecule has 0 saturated carbocycles. The number of nitro groups is 1. The van der Waals surface area contributed by atoms with Crippen molar-refractivity contribution in [2.24, 2.45) is 0 Å². The number of nitrogens with one attached hydrogen (secondary N) is 1. The summed E-state index contributed by atoms with van der Waals surface area (Å²) in [5, 5.41) is 13.8. The lowest BCUT2D eigenvalue weighted by Crippen LogP contribution is -2.30. The van der Waals surface area contributed by atoms with E-state index in [1.807, 2.05) is 0 Å². The summed E-state index contributed by atoms with van der Waals surface area (Å²) in [6.07, 6.45) is -3.03. The molecule has 20 heavy (non-hydrogen) atoms. The van der Waals surface area contributed by atoms with Gasteiger partial charge in [0.25, 0.3) is 5.69 Å². The molecule has 1 unspecified atom stereocenters. The van der Waals surface area contributed by atoms with Crippen LogP contribution in [0.2, 0.25) is 0 Å². The van der Waals surface area contributed by atoms with Crippen LogP contribution >= 0.6 is 0 Å². The number of halogens is 3. The monoisotopic (exact) mass is 290 g/mol. The zero-order valence-electron chi connectivity index (χ0n) is 10.4. The van der Waals surface area contributed by atoms with Crippen LogP contribution in [0, 0.1) is 10.1 Å². The van der Waals surface area contributed by atoms with Gasteiger partial charge in [0.1, 0.15) is 5.69 Å². The second kappa shape index (κ2) is 5.66. The van der Waals surface area contributed by atoms with Crippen LogP contribution in [0.25, 0.3) is 0 Å². The first-order valence-electron chi connectivity index (χ1n) is 6.08. The lowest BCUT2D eigenvalue weighted by atomic mass is 10.1. The molecule has 2 rings (SSSR count). The molecule has 1 atom stereocenters. The highest BCUT2D eigenvalue weighted by Crippen LogP contribution is 2.35. The Bertz CT molecular complexity index is 499. The smallest absolute Gasteiger partial charge is 0.379 e. The van der Waals surface area contributed by atoms with Gasteiger partial charge in [-0.2, -0.15) is 13.2 Å². The third-order valence-electron chi connectivity index (χ3n) is 3.04. The Labute approximate surface area is 112 Å². The molecule has 8 heteroatoms. The Morgan fingerprint density at radius 3 is 2.70 bits per heavy atom. The Morgan fingerprint density at radius 2 is 2.15 bits per heavy atom. The van der Waals surface area contributed by atoms with Crippen molar-refractivity contribution in [3.63, 3.8) is 0 Å². The van der Waals surface area contributed by atoms with E-state index < -0.39 is 22.4 Å². The van der Waals surface area contributed by atoms with Gasteiger partial charge < -0.3 is 10.1 Å². The van der Waals surface area contributed by atoms with Gasteiger partial charge in [0, 0.05) is 18.7 Å². The van der Waals surface area contributed by atoms with E-state index in [1.165, 1.54) is 0 Å². The summed E-state index contributed by atoms with van der Waals surface area (Å²) >= 11 is 0. The summed E-state index contributed by atoms with van der Waals surface area (Å²) in [4.78, 5) is 10.1. The van der Waals surface area contributed by atoms with E-state index in [4.69, 9.17) is 4.74 Å². The first-order valence-corrected chi connectivity index (χ1v) is 6.08. The lowest BCUT2D eigenvalue weighted by Gasteiger charge is -2.24. The van der Waals surface area contributed by atoms with E-state index in [0.29, 0.717) is 19.3 Å². The van der Waals surface area contributed by atoms with Gasteiger partial charge in [0.05, 0.1) is 17.1 Å². The van der Waals surface area contributed by atoms with Crippen LogP contribution in [0.4, 0.5) is 24.5 Å². The fourth-order valence-electron chi connectivity index (χ4n) is 2.06. The Balaban J connectivity index is 2.25. The van der Waals surface area contributed by atoms with Gasteiger partial charge in [-0.15, -0.1) is 0 Å². The highest BCUT2D eigenvalue weighted by molar-refractivity contribution is 5.63. The van der Waals surface area contributed by atoms with Gasteiger partial charge in [-0.05, 0) is 25.0 Å². The third kappa shape index (κ3) is 3.38. The first-order chi connectivity index (χ1) is 9.38. The van der Waals surface area contributed by atoms with E-state index in [2.05, 4.69) is 5.32 Å². The molecule has 0 aromatic heterocycles. The molecule has 1 aliphatic rings. The summed E-state index contributed by atoms with van der Waals surface area (Å²) < 4.78 is 42.9. The molecule has 0 aliphatic carbocycles. The van der Waals surface area contributed by atoms with E-state index in [0.717, 1.165) is 25.0 Å². The molecule has 1 fully saturated rings. The molecule has 0 radical (unpaired) electrons. The molecule has 1 aromatic carbocycles. The van der Waals surface area contributed by atoms with Crippen molar-refractivity contribution in [2.45, 2.75) is 25.1 Å². The van der Waals surface area contributed by atoms with Gasteiger partial charge >= 0.3 is 6.18 Å². The van der Waals surface area contributed by atoms with Crippen LogP contribution in [0.5, 0.6) is 0 Å². The van der Waals surface area contributed by atoms with Gasteiger partial charge in [0.2, 0.25) is 0 Å². The molecule has 1 N–H and O–H groups in total. The number of nitro benzene ring substituents is 1. The molecule has 0 amide bonds. The summed E-state index contributed by atoms with van der Waals surface area (Å²) in [6.45, 7) is 1.02. The van der Waals surface area contributed by atoms with E-state index in [1.54, 1.807) is 0 Å². The zero-order valence-corrected chi connectivity index (χ0v) is 10.4. The number of ether oxygens (including phenoxy) is 1. The predicted molar refractivity (Wildman–Crippen MR) is 65.6 cm³/mol. The zero-order chi connectivity index (χ0) is 14.8. The molecule has 1 aromatic rings. The molecule has 1 aliphatic heterocycles. The van der Waals surface area contributed by atoms with Crippen molar-refractivity contribution in [3.8, 4) is 0 Å². The minimum atomic E-state index is -4.60. The highest BCUT2D eigenvalue weighted by atomic mass is 19.4. The number of benzene rings is 1. The molecule has 110 valence electrons. The fourth-order valence-corrected chi connectivity index (χ4v) is 2.06. The first kappa shape index (κ1) is 14.6. The van der Waals surface area contributed by atoms with Crippen LogP contribution < -0.4 is 5.32 Å². The van der Waals surface area contributed by atoms with Gasteiger partial charge in [-0.3, -0.25) is 10.1 Å². The van der Waals surface area contributed by atoms with Gasteiger partial charge in [-0.1, -0.05) is 0 Å². The topological polar surface area (TPSA) is 64.4 Å². The average molecular weight is 290 g/mol. The Hall–Kier alpha value is -1.83. The molecule has 1 saturated heterocycles. The molecular formula is C12H13F3N2O3. The van der Waals surface area contributed by atoms with E-state index in [9.17, 15) is 23.3 Å². The van der Waals surface area contributed by atoms with Gasteiger partial charge in [0.15, 0.2) is 0 Å². The minimum absolute atomic E-state index is 0.0819. The fraction of sp³-hybridized carbons (Fsp3) is 0.500. The Morgan fingerprint density at radius 1 is 1.40 bits per heavy atom. The SMILES string of the molecule is O=[N+]([O-])c1cc(C(F)(F)F)ccc1NC1CCCOC1. The van der Waals surface area contributed by atoms with Crippen molar-refractivity contribution in [1.29, 1.82) is 0 Å². The van der Waals surface area contributed by atoms with E-state index >= 15 is 0 Å². The van der Waals surface area contributed by atoms with Crippen molar-refractivity contribution >= 4 is 11.4 Å². The second-order valence-corrected chi connectivity index (χ2v) is 4.55. The van der Waals surface area contributed by atoms with Crippen LogP contribution in [0.15, 0.2) is 18.2 Å². The average Bonchev–Trinajstić information content (AvgIpc) is 2.38.